The number of nitrogens with one attached hydrogen (secondary N) is 1. The van der Waals surface area contributed by atoms with Crippen LogP contribution < -0.4 is 5.32 Å². The Bertz CT molecular complexity index is 331. The van der Waals surface area contributed by atoms with Crippen molar-refractivity contribution >= 4 is 17.7 Å². The summed E-state index contributed by atoms with van der Waals surface area (Å²) in [4.78, 5) is 14.7. The normalized spacial score (nSPS) is 26.3. The van der Waals surface area contributed by atoms with Crippen molar-refractivity contribution in [2.45, 2.75) is 11.4 Å². The highest BCUT2D eigenvalue weighted by Gasteiger charge is 2.30. The minimum absolute atomic E-state index is 0.0600. The van der Waals surface area contributed by atoms with Crippen LogP contribution in [0.3, 0.4) is 0 Å². The van der Waals surface area contributed by atoms with Gasteiger partial charge in [0.05, 0.1) is 5.37 Å². The minimum Gasteiger partial charge on any atom is -0.480 e. The second-order valence-electron chi connectivity index (χ2n) is 3.06. The van der Waals surface area contributed by atoms with Gasteiger partial charge in [-0.25, -0.2) is 0 Å². The molecule has 2 atom stereocenters. The highest BCUT2D eigenvalue weighted by molar-refractivity contribution is 7.99. The van der Waals surface area contributed by atoms with Crippen LogP contribution >= 0.6 is 11.8 Å². The van der Waals surface area contributed by atoms with Gasteiger partial charge in [-0.15, -0.1) is 11.8 Å². The summed E-state index contributed by atoms with van der Waals surface area (Å²) < 4.78 is 0. The van der Waals surface area contributed by atoms with Crippen LogP contribution in [0.2, 0.25) is 0 Å². The fraction of sp³-hybridized carbons (Fsp3) is 0.333. The van der Waals surface area contributed by atoms with Crippen molar-refractivity contribution < 1.29 is 9.90 Å². The van der Waals surface area contributed by atoms with Gasteiger partial charge in [-0.3, -0.25) is 15.1 Å². The average Bonchev–Trinajstić information content (AvgIpc) is 2.68. The molecule has 14 heavy (non-hydrogen) atoms. The quantitative estimate of drug-likeness (QED) is 0.758. The number of aliphatic carboxylic acids is 1. The van der Waals surface area contributed by atoms with Gasteiger partial charge in [0.1, 0.15) is 6.04 Å². The molecule has 2 heterocycles. The van der Waals surface area contributed by atoms with E-state index in [2.05, 4.69) is 10.3 Å². The van der Waals surface area contributed by atoms with Crippen LogP contribution in [-0.4, -0.2) is 27.9 Å². The number of pyridine rings is 1. The molecule has 0 amide bonds. The number of rotatable bonds is 2. The van der Waals surface area contributed by atoms with E-state index in [0.717, 1.165) is 5.56 Å². The molecule has 0 aromatic carbocycles. The Labute approximate surface area is 85.7 Å². The summed E-state index contributed by atoms with van der Waals surface area (Å²) in [6.45, 7) is 0. The van der Waals surface area contributed by atoms with Crippen LogP contribution in [0, 0.1) is 0 Å². The van der Waals surface area contributed by atoms with E-state index in [0.29, 0.717) is 5.75 Å². The molecule has 1 fully saturated rings. The van der Waals surface area contributed by atoms with E-state index in [1.807, 2.05) is 12.1 Å². The SMILES string of the molecule is O=C(O)[C@@H]1CS[C@H](c2cccnc2)N1. The molecule has 0 radical (unpaired) electrons. The van der Waals surface area contributed by atoms with Crippen LogP contribution in [0.5, 0.6) is 0 Å². The number of hydrogen-bond acceptors (Lipinski definition) is 4. The first kappa shape index (κ1) is 9.48. The monoisotopic (exact) mass is 210 g/mol. The summed E-state index contributed by atoms with van der Waals surface area (Å²) in [6, 6.07) is 3.36. The summed E-state index contributed by atoms with van der Waals surface area (Å²) in [5.74, 6) is -0.182. The summed E-state index contributed by atoms with van der Waals surface area (Å²) in [5.41, 5.74) is 1.03. The molecule has 1 aliphatic rings. The molecule has 1 saturated heterocycles. The number of carbonyl (C=O) groups is 1. The van der Waals surface area contributed by atoms with Crippen LogP contribution in [0.25, 0.3) is 0 Å². The van der Waals surface area contributed by atoms with E-state index < -0.39 is 12.0 Å². The standard InChI is InChI=1S/C9H10N2O2S/c12-9(13)7-5-14-8(11-7)6-2-1-3-10-4-6/h1-4,7-8,11H,5H2,(H,12,13)/t7-,8+/m0/s1. The molecule has 0 bridgehead atoms. The predicted molar refractivity (Wildman–Crippen MR) is 54.0 cm³/mol. The molecule has 2 N–H and O–H groups in total. The summed E-state index contributed by atoms with van der Waals surface area (Å²) in [5, 5.41) is 11.9. The molecule has 4 nitrogen and oxygen atoms in total. The number of aromatic nitrogens is 1. The van der Waals surface area contributed by atoms with Crippen molar-refractivity contribution in [1.82, 2.24) is 10.3 Å². The van der Waals surface area contributed by atoms with Crippen molar-refractivity contribution in [3.8, 4) is 0 Å². The third-order valence-electron chi connectivity index (χ3n) is 2.07. The molecule has 1 aromatic rings. The van der Waals surface area contributed by atoms with E-state index in [4.69, 9.17) is 5.11 Å². The fourth-order valence-electron chi connectivity index (χ4n) is 1.34. The Morgan fingerprint density at radius 2 is 2.57 bits per heavy atom. The van der Waals surface area contributed by atoms with Gasteiger partial charge in [-0.1, -0.05) is 6.07 Å². The van der Waals surface area contributed by atoms with E-state index >= 15 is 0 Å². The molecule has 0 spiro atoms. The molecular weight excluding hydrogens is 200 g/mol. The van der Waals surface area contributed by atoms with Crippen LogP contribution in [0.15, 0.2) is 24.5 Å². The maximum Gasteiger partial charge on any atom is 0.321 e. The first-order valence-corrected chi connectivity index (χ1v) is 5.32. The Morgan fingerprint density at radius 1 is 1.71 bits per heavy atom. The first-order valence-electron chi connectivity index (χ1n) is 4.28. The third kappa shape index (κ3) is 1.88. The zero-order valence-electron chi connectivity index (χ0n) is 7.38. The van der Waals surface area contributed by atoms with Gasteiger partial charge in [0.15, 0.2) is 0 Å². The lowest BCUT2D eigenvalue weighted by atomic mass is 10.2. The van der Waals surface area contributed by atoms with Crippen molar-refractivity contribution in [3.63, 3.8) is 0 Å². The van der Waals surface area contributed by atoms with Crippen molar-refractivity contribution in [1.29, 1.82) is 0 Å². The lowest BCUT2D eigenvalue weighted by Gasteiger charge is -2.09. The Morgan fingerprint density at radius 3 is 3.14 bits per heavy atom. The van der Waals surface area contributed by atoms with Crippen molar-refractivity contribution in [3.05, 3.63) is 30.1 Å². The molecule has 5 heteroatoms. The van der Waals surface area contributed by atoms with Crippen molar-refractivity contribution in [2.75, 3.05) is 5.75 Å². The van der Waals surface area contributed by atoms with Crippen LogP contribution in [-0.2, 0) is 4.79 Å². The van der Waals surface area contributed by atoms with Gasteiger partial charge < -0.3 is 5.11 Å². The smallest absolute Gasteiger partial charge is 0.321 e. The Hall–Kier alpha value is -1.07. The van der Waals surface area contributed by atoms with Gasteiger partial charge >= 0.3 is 5.97 Å². The lowest BCUT2D eigenvalue weighted by molar-refractivity contribution is -0.138. The topological polar surface area (TPSA) is 62.2 Å². The second kappa shape index (κ2) is 3.98. The van der Waals surface area contributed by atoms with E-state index in [1.54, 1.807) is 24.2 Å². The second-order valence-corrected chi connectivity index (χ2v) is 4.20. The number of nitrogens with zero attached hydrogens (tertiary/aromatic N) is 1. The predicted octanol–water partition coefficient (Wildman–Crippen LogP) is 0.870. The Balaban J connectivity index is 2.06. The summed E-state index contributed by atoms with van der Waals surface area (Å²) >= 11 is 1.60. The zero-order chi connectivity index (χ0) is 9.97. The molecule has 1 aliphatic heterocycles. The summed E-state index contributed by atoms with van der Waals surface area (Å²) in [7, 11) is 0. The molecule has 0 saturated carbocycles. The third-order valence-corrected chi connectivity index (χ3v) is 3.33. The van der Waals surface area contributed by atoms with Gasteiger partial charge in [-0.2, -0.15) is 0 Å². The molecule has 0 aliphatic carbocycles. The highest BCUT2D eigenvalue weighted by atomic mass is 32.2. The molecular formula is C9H10N2O2S. The van der Waals surface area contributed by atoms with E-state index in [9.17, 15) is 4.79 Å². The molecule has 1 aromatic heterocycles. The Kier molecular flexibility index (Phi) is 2.69. The molecule has 74 valence electrons. The molecule has 0 unspecified atom stereocenters. The fourth-order valence-corrected chi connectivity index (χ4v) is 2.55. The minimum atomic E-state index is -0.788. The van der Waals surface area contributed by atoms with Crippen LogP contribution in [0.4, 0.5) is 0 Å². The van der Waals surface area contributed by atoms with E-state index in [-0.39, 0.29) is 5.37 Å². The largest absolute Gasteiger partial charge is 0.480 e. The lowest BCUT2D eigenvalue weighted by Crippen LogP contribution is -2.33. The average molecular weight is 210 g/mol. The maximum atomic E-state index is 10.7. The number of carboxylic acids is 1. The maximum absolute atomic E-state index is 10.7. The highest BCUT2D eigenvalue weighted by Crippen LogP contribution is 2.31. The number of carboxylic acid groups (broad SMARTS) is 1. The van der Waals surface area contributed by atoms with Crippen LogP contribution in [0.1, 0.15) is 10.9 Å². The summed E-state index contributed by atoms with van der Waals surface area (Å²) in [6.07, 6.45) is 3.46. The molecule has 2 rings (SSSR count). The number of thioether (sulfide) groups is 1. The number of hydrogen-bond donors (Lipinski definition) is 2. The van der Waals surface area contributed by atoms with E-state index in [1.165, 1.54) is 0 Å². The van der Waals surface area contributed by atoms with Gasteiger partial charge in [-0.05, 0) is 11.6 Å². The van der Waals surface area contributed by atoms with Gasteiger partial charge in [0.25, 0.3) is 0 Å². The zero-order valence-corrected chi connectivity index (χ0v) is 8.20. The van der Waals surface area contributed by atoms with Gasteiger partial charge in [0.2, 0.25) is 0 Å². The van der Waals surface area contributed by atoms with Crippen molar-refractivity contribution in [2.24, 2.45) is 0 Å². The van der Waals surface area contributed by atoms with Gasteiger partial charge in [0, 0.05) is 18.1 Å². The first-order chi connectivity index (χ1) is 6.77.